The number of hydrogen-bond acceptors (Lipinski definition) is 4. The van der Waals surface area contributed by atoms with Gasteiger partial charge in [-0.3, -0.25) is 9.59 Å². The quantitative estimate of drug-likeness (QED) is 0.538. The molecule has 2 heterocycles. The molecule has 2 amide bonds. The molecule has 3 aromatic rings. The van der Waals surface area contributed by atoms with Gasteiger partial charge in [0.1, 0.15) is 10.8 Å². The van der Waals surface area contributed by atoms with E-state index in [2.05, 4.69) is 4.98 Å². The number of rotatable bonds is 3. The molecular weight excluding hydrogens is 409 g/mol. The molecule has 0 bridgehead atoms. The lowest BCUT2D eigenvalue weighted by molar-refractivity contribution is -0.137. The Balaban J connectivity index is 1.55. The zero-order valence-electron chi connectivity index (χ0n) is 14.4. The van der Waals surface area contributed by atoms with Crippen molar-refractivity contribution < 1.29 is 27.5 Å². The number of benzene rings is 2. The number of carbonyl (C=O) groups is 2. The fraction of sp³-hybridized carbons (Fsp3) is 0.0500. The summed E-state index contributed by atoms with van der Waals surface area (Å²) in [5, 5.41) is -0.302. The van der Waals surface area contributed by atoms with Crippen molar-refractivity contribution in [2.45, 2.75) is 6.18 Å². The highest BCUT2D eigenvalue weighted by molar-refractivity contribution is 6.34. The summed E-state index contributed by atoms with van der Waals surface area (Å²) in [7, 11) is 0. The van der Waals surface area contributed by atoms with Crippen molar-refractivity contribution in [1.29, 1.82) is 0 Å². The fourth-order valence-corrected chi connectivity index (χ4v) is 3.06. The van der Waals surface area contributed by atoms with Gasteiger partial charge in [0.05, 0.1) is 22.4 Å². The van der Waals surface area contributed by atoms with Crippen molar-refractivity contribution in [3.05, 3.63) is 82.5 Å². The minimum atomic E-state index is -4.57. The first-order chi connectivity index (χ1) is 13.8. The van der Waals surface area contributed by atoms with Gasteiger partial charge in [0.25, 0.3) is 11.8 Å². The molecule has 1 aliphatic heterocycles. The van der Waals surface area contributed by atoms with Gasteiger partial charge < -0.3 is 4.74 Å². The molecule has 2 aromatic carbocycles. The first-order valence-electron chi connectivity index (χ1n) is 8.24. The Bertz CT molecular complexity index is 1100. The minimum Gasteiger partial charge on any atom is -0.438 e. The molecule has 0 radical (unpaired) electrons. The summed E-state index contributed by atoms with van der Waals surface area (Å²) in [6, 6.07) is 13.1. The maximum atomic E-state index is 12.7. The van der Waals surface area contributed by atoms with E-state index < -0.39 is 23.6 Å². The lowest BCUT2D eigenvalue weighted by Gasteiger charge is -2.15. The Morgan fingerprint density at radius 3 is 2.03 bits per heavy atom. The lowest BCUT2D eigenvalue weighted by Crippen LogP contribution is -2.29. The summed E-state index contributed by atoms with van der Waals surface area (Å²) in [5.74, 6) is -0.855. The zero-order chi connectivity index (χ0) is 20.8. The molecule has 5 nitrogen and oxygen atoms in total. The summed E-state index contributed by atoms with van der Waals surface area (Å²) in [4.78, 5) is 29.6. The highest BCUT2D eigenvalue weighted by atomic mass is 35.5. The highest BCUT2D eigenvalue weighted by Crippen LogP contribution is 2.35. The van der Waals surface area contributed by atoms with Crippen LogP contribution in [0.2, 0.25) is 5.02 Å². The third-order valence-corrected chi connectivity index (χ3v) is 4.51. The number of anilines is 1. The molecule has 0 saturated carbocycles. The van der Waals surface area contributed by atoms with E-state index in [4.69, 9.17) is 16.3 Å². The van der Waals surface area contributed by atoms with Gasteiger partial charge in [-0.15, -0.1) is 0 Å². The number of nitrogens with zero attached hydrogens (tertiary/aromatic N) is 2. The van der Waals surface area contributed by atoms with Gasteiger partial charge in [0, 0.05) is 6.20 Å². The predicted octanol–water partition coefficient (Wildman–Crippen LogP) is 5.35. The van der Waals surface area contributed by atoms with E-state index in [-0.39, 0.29) is 16.7 Å². The van der Waals surface area contributed by atoms with Crippen LogP contribution in [-0.4, -0.2) is 16.8 Å². The number of carbonyl (C=O) groups excluding carboxylic acids is 2. The summed E-state index contributed by atoms with van der Waals surface area (Å²) in [5.41, 5.74) is -0.0250. The first-order valence-corrected chi connectivity index (χ1v) is 8.62. The number of hydrogen-bond donors (Lipinski definition) is 0. The summed E-state index contributed by atoms with van der Waals surface area (Å²) in [6.07, 6.45) is -3.95. The molecule has 4 rings (SSSR count). The summed E-state index contributed by atoms with van der Waals surface area (Å²) >= 11 is 5.82. The molecule has 1 aliphatic rings. The molecule has 1 aromatic heterocycles. The standard InChI is InChI=1S/C20H10ClF3N2O3/c21-16-9-11(20(22,23)24)10-25-17(16)29-13-7-5-12(6-8-13)26-18(27)14-3-1-2-4-15(14)19(26)28/h1-10H. The van der Waals surface area contributed by atoms with Crippen LogP contribution in [0.4, 0.5) is 18.9 Å². The van der Waals surface area contributed by atoms with Crippen molar-refractivity contribution in [2.24, 2.45) is 0 Å². The van der Waals surface area contributed by atoms with E-state index in [9.17, 15) is 22.8 Å². The first kappa shape index (κ1) is 18.9. The monoisotopic (exact) mass is 418 g/mol. The molecule has 0 aliphatic carbocycles. The Hall–Kier alpha value is -3.39. The largest absolute Gasteiger partial charge is 0.438 e. The maximum Gasteiger partial charge on any atom is 0.417 e. The van der Waals surface area contributed by atoms with Crippen LogP contribution in [0, 0.1) is 0 Å². The van der Waals surface area contributed by atoms with Gasteiger partial charge in [-0.25, -0.2) is 9.88 Å². The number of imide groups is 1. The van der Waals surface area contributed by atoms with Gasteiger partial charge in [-0.2, -0.15) is 13.2 Å². The van der Waals surface area contributed by atoms with Gasteiger partial charge in [-0.1, -0.05) is 23.7 Å². The second-order valence-corrected chi connectivity index (χ2v) is 6.50. The SMILES string of the molecule is O=C1c2ccccc2C(=O)N1c1ccc(Oc2ncc(C(F)(F)F)cc2Cl)cc1. The van der Waals surface area contributed by atoms with Crippen LogP contribution in [0.3, 0.4) is 0 Å². The van der Waals surface area contributed by atoms with Gasteiger partial charge in [0.15, 0.2) is 0 Å². The molecule has 9 heteroatoms. The Morgan fingerprint density at radius 2 is 1.52 bits per heavy atom. The smallest absolute Gasteiger partial charge is 0.417 e. The average molecular weight is 419 g/mol. The predicted molar refractivity (Wildman–Crippen MR) is 98.3 cm³/mol. The number of aromatic nitrogens is 1. The van der Waals surface area contributed by atoms with Gasteiger partial charge in [-0.05, 0) is 42.5 Å². The number of pyridine rings is 1. The van der Waals surface area contributed by atoms with Gasteiger partial charge >= 0.3 is 6.18 Å². The van der Waals surface area contributed by atoms with Crippen LogP contribution in [0.5, 0.6) is 11.6 Å². The molecule has 0 saturated heterocycles. The van der Waals surface area contributed by atoms with Crippen LogP contribution in [0.25, 0.3) is 0 Å². The van der Waals surface area contributed by atoms with E-state index in [1.165, 1.54) is 24.3 Å². The Labute approximate surface area is 167 Å². The molecular formula is C20H10ClF3N2O3. The zero-order valence-corrected chi connectivity index (χ0v) is 15.2. The van der Waals surface area contributed by atoms with Crippen molar-refractivity contribution in [2.75, 3.05) is 4.90 Å². The third kappa shape index (κ3) is 3.42. The van der Waals surface area contributed by atoms with E-state index in [1.54, 1.807) is 24.3 Å². The summed E-state index contributed by atoms with van der Waals surface area (Å²) in [6.45, 7) is 0. The van der Waals surface area contributed by atoms with E-state index in [0.717, 1.165) is 11.0 Å². The third-order valence-electron chi connectivity index (χ3n) is 4.24. The van der Waals surface area contributed by atoms with Crippen LogP contribution in [0.15, 0.2) is 60.8 Å². The van der Waals surface area contributed by atoms with Crippen LogP contribution < -0.4 is 9.64 Å². The van der Waals surface area contributed by atoms with Gasteiger partial charge in [0.2, 0.25) is 5.88 Å². The molecule has 29 heavy (non-hydrogen) atoms. The average Bonchev–Trinajstić information content (AvgIpc) is 2.94. The molecule has 0 spiro atoms. The van der Waals surface area contributed by atoms with E-state index >= 15 is 0 Å². The van der Waals surface area contributed by atoms with Crippen LogP contribution >= 0.6 is 11.6 Å². The number of ether oxygens (including phenoxy) is 1. The number of halogens is 4. The van der Waals surface area contributed by atoms with E-state index in [0.29, 0.717) is 23.0 Å². The second-order valence-electron chi connectivity index (χ2n) is 6.10. The molecule has 0 unspecified atom stereocenters. The second kappa shape index (κ2) is 6.89. The van der Waals surface area contributed by atoms with Crippen LogP contribution in [0.1, 0.15) is 26.3 Å². The normalized spacial score (nSPS) is 13.6. The van der Waals surface area contributed by atoms with Crippen LogP contribution in [-0.2, 0) is 6.18 Å². The summed E-state index contributed by atoms with van der Waals surface area (Å²) < 4.78 is 43.5. The number of fused-ring (bicyclic) bond motifs is 1. The maximum absolute atomic E-state index is 12.7. The Kier molecular flexibility index (Phi) is 4.50. The Morgan fingerprint density at radius 1 is 0.931 bits per heavy atom. The van der Waals surface area contributed by atoms with E-state index in [1.807, 2.05) is 0 Å². The topological polar surface area (TPSA) is 59.5 Å². The van der Waals surface area contributed by atoms with Crippen molar-refractivity contribution in [1.82, 2.24) is 4.98 Å². The van der Waals surface area contributed by atoms with Crippen molar-refractivity contribution in [3.8, 4) is 11.6 Å². The molecule has 0 atom stereocenters. The number of alkyl halides is 3. The fourth-order valence-electron chi connectivity index (χ4n) is 2.85. The minimum absolute atomic E-state index is 0.201. The molecule has 0 N–H and O–H groups in total. The lowest BCUT2D eigenvalue weighted by atomic mass is 10.1. The highest BCUT2D eigenvalue weighted by Gasteiger charge is 2.36. The molecule has 146 valence electrons. The van der Waals surface area contributed by atoms with Crippen molar-refractivity contribution >= 4 is 29.1 Å². The number of amides is 2. The van der Waals surface area contributed by atoms with Crippen molar-refractivity contribution in [3.63, 3.8) is 0 Å². The molecule has 0 fully saturated rings.